The van der Waals surface area contributed by atoms with Crippen LogP contribution in [0.3, 0.4) is 0 Å². The van der Waals surface area contributed by atoms with Gasteiger partial charge in [0.2, 0.25) is 5.78 Å². The van der Waals surface area contributed by atoms with Crippen molar-refractivity contribution in [1.82, 2.24) is 0 Å². The highest BCUT2D eigenvalue weighted by atomic mass is 19.4. The molecule has 0 rings (SSSR count). The van der Waals surface area contributed by atoms with Crippen LogP contribution in [0.5, 0.6) is 0 Å². The average molecular weight is 198 g/mol. The first-order valence-electron chi connectivity index (χ1n) is 4.04. The Bertz CT molecular complexity index is 161. The van der Waals surface area contributed by atoms with Gasteiger partial charge in [-0.3, -0.25) is 4.79 Å². The van der Waals surface area contributed by atoms with Crippen molar-refractivity contribution < 1.29 is 22.7 Å². The first-order valence-corrected chi connectivity index (χ1v) is 4.04. The molecular weight excluding hydrogens is 185 g/mol. The highest BCUT2D eigenvalue weighted by Crippen LogP contribution is 2.20. The number of carbonyl (C=O) groups excluding carboxylic acids is 1. The highest BCUT2D eigenvalue weighted by molar-refractivity contribution is 5.83. The molecular formula is C8H13F3O2. The number of ether oxygens (including phenoxy) is 1. The van der Waals surface area contributed by atoms with Gasteiger partial charge in [0, 0.05) is 13.5 Å². The van der Waals surface area contributed by atoms with Crippen LogP contribution >= 0.6 is 0 Å². The first kappa shape index (κ1) is 12.4. The molecule has 0 amide bonds. The van der Waals surface area contributed by atoms with Gasteiger partial charge in [-0.2, -0.15) is 13.2 Å². The summed E-state index contributed by atoms with van der Waals surface area (Å²) in [4.78, 5) is 10.4. The molecule has 13 heavy (non-hydrogen) atoms. The second-order valence-corrected chi connectivity index (χ2v) is 2.73. The molecule has 0 aromatic rings. The molecule has 0 aliphatic heterocycles. The number of rotatable bonds is 5. The molecule has 0 aliphatic rings. The Labute approximate surface area is 75.1 Å². The van der Waals surface area contributed by atoms with Gasteiger partial charge in [-0.15, -0.1) is 0 Å². The molecule has 0 radical (unpaired) electrons. The van der Waals surface area contributed by atoms with Gasteiger partial charge < -0.3 is 4.74 Å². The van der Waals surface area contributed by atoms with E-state index in [0.717, 1.165) is 0 Å². The number of alkyl halides is 3. The van der Waals surface area contributed by atoms with Crippen LogP contribution in [0.15, 0.2) is 0 Å². The summed E-state index contributed by atoms with van der Waals surface area (Å²) >= 11 is 0. The molecule has 0 saturated carbocycles. The van der Waals surface area contributed by atoms with Crippen LogP contribution in [0.1, 0.15) is 26.2 Å². The van der Waals surface area contributed by atoms with E-state index < -0.39 is 18.4 Å². The van der Waals surface area contributed by atoms with Gasteiger partial charge in [-0.05, 0) is 12.8 Å². The number of ketones is 1. The molecule has 1 atom stereocenters. The van der Waals surface area contributed by atoms with Crippen molar-refractivity contribution in [3.63, 3.8) is 0 Å². The monoisotopic (exact) mass is 198 g/mol. The van der Waals surface area contributed by atoms with E-state index in [9.17, 15) is 18.0 Å². The van der Waals surface area contributed by atoms with Crippen molar-refractivity contribution in [2.24, 2.45) is 0 Å². The zero-order valence-corrected chi connectivity index (χ0v) is 7.65. The number of hydrogen-bond donors (Lipinski definition) is 0. The van der Waals surface area contributed by atoms with Crippen LogP contribution in [0.4, 0.5) is 13.2 Å². The Morgan fingerprint density at radius 3 is 2.31 bits per heavy atom. The quantitative estimate of drug-likeness (QED) is 0.677. The molecule has 0 heterocycles. The van der Waals surface area contributed by atoms with E-state index in [1.807, 2.05) is 0 Å². The van der Waals surface area contributed by atoms with Gasteiger partial charge in [0.1, 0.15) is 0 Å². The minimum absolute atomic E-state index is 0.130. The van der Waals surface area contributed by atoms with Gasteiger partial charge in [0.15, 0.2) is 0 Å². The van der Waals surface area contributed by atoms with E-state index in [1.165, 1.54) is 7.11 Å². The smallest absolute Gasteiger partial charge is 0.381 e. The molecule has 0 aliphatic carbocycles. The van der Waals surface area contributed by atoms with E-state index in [2.05, 4.69) is 0 Å². The fourth-order valence-electron chi connectivity index (χ4n) is 0.922. The minimum atomic E-state index is -4.70. The van der Waals surface area contributed by atoms with E-state index in [1.54, 1.807) is 6.92 Å². The summed E-state index contributed by atoms with van der Waals surface area (Å²) in [6, 6.07) is 0. The maximum absolute atomic E-state index is 11.7. The summed E-state index contributed by atoms with van der Waals surface area (Å²) in [5, 5.41) is 0. The third-order valence-corrected chi connectivity index (χ3v) is 1.80. The fraction of sp³-hybridized carbons (Fsp3) is 0.875. The molecule has 2 nitrogen and oxygen atoms in total. The normalized spacial score (nSPS) is 14.2. The van der Waals surface area contributed by atoms with Crippen molar-refractivity contribution in [2.45, 2.75) is 38.5 Å². The van der Waals surface area contributed by atoms with Gasteiger partial charge in [0.05, 0.1) is 6.10 Å². The van der Waals surface area contributed by atoms with Gasteiger partial charge in [-0.25, -0.2) is 0 Å². The second kappa shape index (κ2) is 5.21. The van der Waals surface area contributed by atoms with Gasteiger partial charge in [0.25, 0.3) is 0 Å². The standard InChI is InChI=1S/C8H13F3O2/c1-3-6(13-2)4-5-7(12)8(9,10)11/h6H,3-5H2,1-2H3. The molecule has 0 fully saturated rings. The zero-order chi connectivity index (χ0) is 10.5. The predicted molar refractivity (Wildman–Crippen MR) is 41.4 cm³/mol. The lowest BCUT2D eigenvalue weighted by Crippen LogP contribution is -2.24. The lowest BCUT2D eigenvalue weighted by molar-refractivity contribution is -0.171. The molecule has 0 spiro atoms. The zero-order valence-electron chi connectivity index (χ0n) is 7.65. The Morgan fingerprint density at radius 1 is 1.46 bits per heavy atom. The van der Waals surface area contributed by atoms with E-state index in [4.69, 9.17) is 4.74 Å². The molecule has 0 N–H and O–H groups in total. The molecule has 0 aromatic carbocycles. The molecule has 5 heteroatoms. The number of carbonyl (C=O) groups is 1. The number of hydrogen-bond acceptors (Lipinski definition) is 2. The van der Waals surface area contributed by atoms with Crippen LogP contribution in [-0.2, 0) is 9.53 Å². The van der Waals surface area contributed by atoms with Crippen LogP contribution in [0.25, 0.3) is 0 Å². The molecule has 0 bridgehead atoms. The molecule has 78 valence electrons. The maximum atomic E-state index is 11.7. The summed E-state index contributed by atoms with van der Waals surface area (Å²) in [7, 11) is 1.42. The topological polar surface area (TPSA) is 26.3 Å². The Balaban J connectivity index is 3.82. The van der Waals surface area contributed by atoms with Crippen LogP contribution in [0, 0.1) is 0 Å². The lowest BCUT2D eigenvalue weighted by atomic mass is 10.1. The van der Waals surface area contributed by atoms with Crippen molar-refractivity contribution in [3.05, 3.63) is 0 Å². The van der Waals surface area contributed by atoms with Crippen molar-refractivity contribution in [2.75, 3.05) is 7.11 Å². The second-order valence-electron chi connectivity index (χ2n) is 2.73. The van der Waals surface area contributed by atoms with Crippen molar-refractivity contribution in [1.29, 1.82) is 0 Å². The SMILES string of the molecule is CCC(CCC(=O)C(F)(F)F)OC. The van der Waals surface area contributed by atoms with Crippen LogP contribution < -0.4 is 0 Å². The fourth-order valence-corrected chi connectivity index (χ4v) is 0.922. The van der Waals surface area contributed by atoms with Crippen LogP contribution in [-0.4, -0.2) is 25.2 Å². The summed E-state index contributed by atoms with van der Waals surface area (Å²) < 4.78 is 40.0. The van der Waals surface area contributed by atoms with Gasteiger partial charge in [-0.1, -0.05) is 6.92 Å². The van der Waals surface area contributed by atoms with Crippen molar-refractivity contribution >= 4 is 5.78 Å². The van der Waals surface area contributed by atoms with Crippen LogP contribution in [0.2, 0.25) is 0 Å². The van der Waals surface area contributed by atoms with Gasteiger partial charge >= 0.3 is 6.18 Å². The molecule has 1 unspecified atom stereocenters. The predicted octanol–water partition coefficient (Wildman–Crippen LogP) is 2.32. The summed E-state index contributed by atoms with van der Waals surface area (Å²) in [5.74, 6) is -1.68. The Hall–Kier alpha value is -0.580. The van der Waals surface area contributed by atoms with E-state index >= 15 is 0 Å². The third-order valence-electron chi connectivity index (χ3n) is 1.80. The largest absolute Gasteiger partial charge is 0.449 e. The number of methoxy groups -OCH3 is 1. The highest BCUT2D eigenvalue weighted by Gasteiger charge is 2.37. The number of Topliss-reactive ketones (excluding diaryl/α,β-unsaturated/α-hetero) is 1. The summed E-state index contributed by atoms with van der Waals surface area (Å²) in [6.07, 6.45) is -4.71. The van der Waals surface area contributed by atoms with E-state index in [0.29, 0.717) is 6.42 Å². The third kappa shape index (κ3) is 4.87. The molecule has 0 aromatic heterocycles. The summed E-state index contributed by atoms with van der Waals surface area (Å²) in [5.41, 5.74) is 0. The minimum Gasteiger partial charge on any atom is -0.381 e. The average Bonchev–Trinajstić information content (AvgIpc) is 2.04. The van der Waals surface area contributed by atoms with E-state index in [-0.39, 0.29) is 12.5 Å². The molecule has 0 saturated heterocycles. The lowest BCUT2D eigenvalue weighted by Gasteiger charge is -2.12. The number of halogens is 3. The van der Waals surface area contributed by atoms with Crippen molar-refractivity contribution in [3.8, 4) is 0 Å². The Morgan fingerprint density at radius 2 is 2.00 bits per heavy atom. The first-order chi connectivity index (χ1) is 5.91. The Kier molecular flexibility index (Phi) is 4.98. The summed E-state index contributed by atoms with van der Waals surface area (Å²) in [6.45, 7) is 1.80. The maximum Gasteiger partial charge on any atom is 0.449 e.